The van der Waals surface area contributed by atoms with Gasteiger partial charge in [0.15, 0.2) is 5.76 Å². The maximum absolute atomic E-state index is 12.9. The molecule has 1 aliphatic heterocycles. The highest BCUT2D eigenvalue weighted by molar-refractivity contribution is 7.89. The van der Waals surface area contributed by atoms with Crippen LogP contribution in [0.15, 0.2) is 21.7 Å². The first kappa shape index (κ1) is 15.2. The summed E-state index contributed by atoms with van der Waals surface area (Å²) in [6, 6.07) is 1.96. The van der Waals surface area contributed by atoms with Gasteiger partial charge in [0.25, 0.3) is 0 Å². The van der Waals surface area contributed by atoms with Crippen LogP contribution in [0.4, 0.5) is 0 Å². The van der Waals surface area contributed by atoms with E-state index in [0.717, 1.165) is 18.5 Å². The molecule has 8 heteroatoms. The summed E-state index contributed by atoms with van der Waals surface area (Å²) in [6.07, 6.45) is 3.66. The van der Waals surface area contributed by atoms with Crippen LogP contribution in [-0.4, -0.2) is 40.7 Å². The molecule has 0 saturated carbocycles. The summed E-state index contributed by atoms with van der Waals surface area (Å²) in [5, 5.41) is 8.17. The van der Waals surface area contributed by atoms with Crippen LogP contribution in [-0.2, 0) is 17.1 Å². The Hall–Kier alpha value is -1.67. The van der Waals surface area contributed by atoms with Gasteiger partial charge in [0.05, 0.1) is 5.69 Å². The predicted molar refractivity (Wildman–Crippen MR) is 79.9 cm³/mol. The van der Waals surface area contributed by atoms with E-state index >= 15 is 0 Å². The summed E-state index contributed by atoms with van der Waals surface area (Å²) < 4.78 is 34.0. The lowest BCUT2D eigenvalue weighted by Crippen LogP contribution is -2.39. The molecule has 2 aromatic rings. The van der Waals surface area contributed by atoms with Gasteiger partial charge in [0.1, 0.15) is 10.6 Å². The Morgan fingerprint density at radius 2 is 2.14 bits per heavy atom. The Morgan fingerprint density at radius 1 is 1.36 bits per heavy atom. The van der Waals surface area contributed by atoms with Crippen LogP contribution < -0.4 is 0 Å². The molecule has 1 saturated heterocycles. The molecule has 22 heavy (non-hydrogen) atoms. The molecule has 120 valence electrons. The average Bonchev–Trinajstić information content (AvgIpc) is 3.05. The number of hydrogen-bond donors (Lipinski definition) is 0. The summed E-state index contributed by atoms with van der Waals surface area (Å²) in [6.45, 7) is 4.26. The van der Waals surface area contributed by atoms with E-state index in [0.29, 0.717) is 24.5 Å². The number of rotatable bonds is 3. The third-order valence-electron chi connectivity index (χ3n) is 4.10. The molecule has 0 aliphatic carbocycles. The van der Waals surface area contributed by atoms with Gasteiger partial charge in [-0.3, -0.25) is 4.68 Å². The van der Waals surface area contributed by atoms with Gasteiger partial charge in [0, 0.05) is 32.3 Å². The highest BCUT2D eigenvalue weighted by Gasteiger charge is 2.35. The maximum Gasteiger partial charge on any atom is 0.248 e. The summed E-state index contributed by atoms with van der Waals surface area (Å²) >= 11 is 0. The van der Waals surface area contributed by atoms with E-state index in [9.17, 15) is 8.42 Å². The van der Waals surface area contributed by atoms with Crippen molar-refractivity contribution in [2.24, 2.45) is 7.05 Å². The maximum atomic E-state index is 12.9. The zero-order valence-corrected chi connectivity index (χ0v) is 13.8. The number of hydrogen-bond acceptors (Lipinski definition) is 5. The van der Waals surface area contributed by atoms with E-state index < -0.39 is 10.0 Å². The fourth-order valence-corrected chi connectivity index (χ4v) is 4.84. The van der Waals surface area contributed by atoms with E-state index in [1.165, 1.54) is 4.31 Å². The lowest BCUT2D eigenvalue weighted by atomic mass is 9.96. The number of sulfonamides is 1. The molecule has 2 aromatic heterocycles. The summed E-state index contributed by atoms with van der Waals surface area (Å²) in [4.78, 5) is 0.203. The Labute approximate surface area is 129 Å². The smallest absolute Gasteiger partial charge is 0.248 e. The molecule has 0 unspecified atom stereocenters. The first-order valence-electron chi connectivity index (χ1n) is 7.32. The van der Waals surface area contributed by atoms with Crippen molar-refractivity contribution in [3.63, 3.8) is 0 Å². The van der Waals surface area contributed by atoms with Gasteiger partial charge < -0.3 is 4.52 Å². The van der Waals surface area contributed by atoms with Crippen molar-refractivity contribution in [3.8, 4) is 0 Å². The molecule has 7 nitrogen and oxygen atoms in total. The Kier molecular flexibility index (Phi) is 3.82. The van der Waals surface area contributed by atoms with E-state index in [1.807, 2.05) is 19.3 Å². The molecular formula is C14H20N4O3S. The van der Waals surface area contributed by atoms with E-state index in [-0.39, 0.29) is 10.8 Å². The molecule has 0 radical (unpaired) electrons. The SMILES string of the molecule is Cc1noc(C)c1S(=O)(=O)N1CCC[C@@H](c2ccn(C)n2)C1. The molecule has 1 fully saturated rings. The fraction of sp³-hybridized carbons (Fsp3) is 0.571. The van der Waals surface area contributed by atoms with Crippen molar-refractivity contribution < 1.29 is 12.9 Å². The van der Waals surface area contributed by atoms with Crippen LogP contribution in [0.3, 0.4) is 0 Å². The molecule has 0 spiro atoms. The number of nitrogens with zero attached hydrogens (tertiary/aromatic N) is 4. The van der Waals surface area contributed by atoms with Crippen molar-refractivity contribution >= 4 is 10.0 Å². The van der Waals surface area contributed by atoms with Crippen molar-refractivity contribution in [1.29, 1.82) is 0 Å². The molecule has 0 bridgehead atoms. The Bertz CT molecular complexity index is 758. The van der Waals surface area contributed by atoms with E-state index in [2.05, 4.69) is 10.3 Å². The zero-order valence-electron chi connectivity index (χ0n) is 13.0. The lowest BCUT2D eigenvalue weighted by Gasteiger charge is -2.31. The fourth-order valence-electron chi connectivity index (χ4n) is 3.02. The van der Waals surface area contributed by atoms with Gasteiger partial charge in [-0.1, -0.05) is 5.16 Å². The number of aryl methyl sites for hydroxylation is 3. The highest BCUT2D eigenvalue weighted by Crippen LogP contribution is 2.31. The summed E-state index contributed by atoms with van der Waals surface area (Å²) in [5.41, 5.74) is 1.36. The van der Waals surface area contributed by atoms with Crippen molar-refractivity contribution in [1.82, 2.24) is 19.2 Å². The second-order valence-electron chi connectivity index (χ2n) is 5.77. The minimum absolute atomic E-state index is 0.130. The minimum Gasteiger partial charge on any atom is -0.360 e. The van der Waals surface area contributed by atoms with Crippen LogP contribution in [0.25, 0.3) is 0 Å². The van der Waals surface area contributed by atoms with Crippen molar-refractivity contribution in [3.05, 3.63) is 29.4 Å². The topological polar surface area (TPSA) is 81.2 Å². The van der Waals surface area contributed by atoms with Gasteiger partial charge in [-0.15, -0.1) is 0 Å². The lowest BCUT2D eigenvalue weighted by molar-refractivity contribution is 0.311. The third-order valence-corrected chi connectivity index (χ3v) is 6.21. The van der Waals surface area contributed by atoms with Gasteiger partial charge in [-0.25, -0.2) is 8.42 Å². The molecule has 0 amide bonds. The van der Waals surface area contributed by atoms with Crippen LogP contribution in [0, 0.1) is 13.8 Å². The van der Waals surface area contributed by atoms with Crippen LogP contribution >= 0.6 is 0 Å². The molecule has 0 aromatic carbocycles. The largest absolute Gasteiger partial charge is 0.360 e. The van der Waals surface area contributed by atoms with Crippen molar-refractivity contribution in [2.45, 2.75) is 37.5 Å². The normalized spacial score (nSPS) is 20.4. The molecule has 3 heterocycles. The first-order chi connectivity index (χ1) is 10.4. The molecule has 1 aliphatic rings. The van der Waals surface area contributed by atoms with Gasteiger partial charge in [-0.05, 0) is 32.8 Å². The minimum atomic E-state index is -3.57. The van der Waals surface area contributed by atoms with E-state index in [1.54, 1.807) is 18.5 Å². The first-order valence-corrected chi connectivity index (χ1v) is 8.76. The number of piperidine rings is 1. The monoisotopic (exact) mass is 324 g/mol. The Balaban J connectivity index is 1.88. The summed E-state index contributed by atoms with van der Waals surface area (Å²) in [5.74, 6) is 0.475. The third kappa shape index (κ3) is 2.56. The van der Waals surface area contributed by atoms with Crippen LogP contribution in [0.2, 0.25) is 0 Å². The van der Waals surface area contributed by atoms with Gasteiger partial charge in [-0.2, -0.15) is 9.40 Å². The molecule has 0 N–H and O–H groups in total. The molecule has 1 atom stereocenters. The van der Waals surface area contributed by atoms with Gasteiger partial charge in [0.2, 0.25) is 10.0 Å². The quantitative estimate of drug-likeness (QED) is 0.856. The summed E-state index contributed by atoms with van der Waals surface area (Å²) in [7, 11) is -1.71. The molecular weight excluding hydrogens is 304 g/mol. The molecule has 3 rings (SSSR count). The second kappa shape index (κ2) is 5.51. The van der Waals surface area contributed by atoms with Crippen LogP contribution in [0.1, 0.15) is 35.9 Å². The van der Waals surface area contributed by atoms with Crippen LogP contribution in [0.5, 0.6) is 0 Å². The van der Waals surface area contributed by atoms with Crippen molar-refractivity contribution in [2.75, 3.05) is 13.1 Å². The Morgan fingerprint density at radius 3 is 2.73 bits per heavy atom. The second-order valence-corrected chi connectivity index (χ2v) is 7.64. The van der Waals surface area contributed by atoms with E-state index in [4.69, 9.17) is 4.52 Å². The standard InChI is InChI=1S/C14H20N4O3S/c1-10-14(11(2)21-16-10)22(19,20)18-7-4-5-12(9-18)13-6-8-17(3)15-13/h6,8,12H,4-5,7,9H2,1-3H3/t12-/m1/s1. The average molecular weight is 324 g/mol. The predicted octanol–water partition coefficient (Wildman–Crippen LogP) is 1.59. The number of aromatic nitrogens is 3. The zero-order chi connectivity index (χ0) is 15.9. The highest BCUT2D eigenvalue weighted by atomic mass is 32.2. The van der Waals surface area contributed by atoms with Gasteiger partial charge >= 0.3 is 0 Å².